The fourth-order valence-electron chi connectivity index (χ4n) is 1.77. The summed E-state index contributed by atoms with van der Waals surface area (Å²) in [6, 6.07) is 0.347. The van der Waals surface area contributed by atoms with E-state index in [0.717, 1.165) is 13.0 Å². The minimum atomic E-state index is 0.271. The molecule has 0 aliphatic heterocycles. The molecule has 4 nitrogen and oxygen atoms in total. The second kappa shape index (κ2) is 5.95. The van der Waals surface area contributed by atoms with Gasteiger partial charge in [0.2, 0.25) is 0 Å². The van der Waals surface area contributed by atoms with Crippen LogP contribution in [-0.2, 0) is 0 Å². The SMILES string of the molecule is CCC(CC(N)=NO)N(C)CC(C)(C)C. The van der Waals surface area contributed by atoms with Gasteiger partial charge in [0.25, 0.3) is 0 Å². The molecule has 0 amide bonds. The number of oxime groups is 1. The van der Waals surface area contributed by atoms with Crippen LogP contribution in [0.4, 0.5) is 0 Å². The molecule has 0 spiro atoms. The molecule has 0 heterocycles. The highest BCUT2D eigenvalue weighted by Gasteiger charge is 2.20. The summed E-state index contributed by atoms with van der Waals surface area (Å²) in [4.78, 5) is 2.28. The van der Waals surface area contributed by atoms with Crippen molar-refractivity contribution in [3.05, 3.63) is 0 Å². The Hall–Kier alpha value is -0.770. The molecule has 3 N–H and O–H groups in total. The van der Waals surface area contributed by atoms with Gasteiger partial charge in [-0.15, -0.1) is 0 Å². The van der Waals surface area contributed by atoms with Gasteiger partial charge in [-0.25, -0.2) is 0 Å². The number of nitrogens with two attached hydrogens (primary N) is 1. The zero-order valence-corrected chi connectivity index (χ0v) is 10.6. The first-order valence-electron chi connectivity index (χ1n) is 5.46. The summed E-state index contributed by atoms with van der Waals surface area (Å²) < 4.78 is 0. The van der Waals surface area contributed by atoms with Crippen molar-refractivity contribution in [2.24, 2.45) is 16.3 Å². The zero-order chi connectivity index (χ0) is 12.1. The van der Waals surface area contributed by atoms with E-state index in [4.69, 9.17) is 10.9 Å². The van der Waals surface area contributed by atoms with Crippen LogP contribution >= 0.6 is 0 Å². The summed E-state index contributed by atoms with van der Waals surface area (Å²) in [6.45, 7) is 9.75. The van der Waals surface area contributed by atoms with Gasteiger partial charge in [0.15, 0.2) is 0 Å². The number of rotatable bonds is 5. The maximum Gasteiger partial charge on any atom is 0.140 e. The molecule has 0 aromatic rings. The topological polar surface area (TPSA) is 61.9 Å². The fourth-order valence-corrected chi connectivity index (χ4v) is 1.77. The Balaban J connectivity index is 4.28. The molecule has 4 heteroatoms. The smallest absolute Gasteiger partial charge is 0.140 e. The minimum Gasteiger partial charge on any atom is -0.409 e. The van der Waals surface area contributed by atoms with Gasteiger partial charge < -0.3 is 15.8 Å². The molecule has 15 heavy (non-hydrogen) atoms. The molecule has 0 bridgehead atoms. The van der Waals surface area contributed by atoms with Crippen molar-refractivity contribution in [1.82, 2.24) is 4.90 Å². The van der Waals surface area contributed by atoms with Crippen LogP contribution in [0.25, 0.3) is 0 Å². The van der Waals surface area contributed by atoms with E-state index in [2.05, 4.69) is 44.8 Å². The molecule has 0 aromatic carbocycles. The second-order valence-electron chi connectivity index (χ2n) is 5.33. The number of amidine groups is 1. The maximum atomic E-state index is 8.54. The second-order valence-corrected chi connectivity index (χ2v) is 5.33. The van der Waals surface area contributed by atoms with E-state index in [0.29, 0.717) is 18.3 Å². The van der Waals surface area contributed by atoms with Crippen molar-refractivity contribution in [2.45, 2.75) is 46.6 Å². The van der Waals surface area contributed by atoms with Gasteiger partial charge in [-0.3, -0.25) is 0 Å². The number of nitrogens with zero attached hydrogens (tertiary/aromatic N) is 2. The summed E-state index contributed by atoms with van der Waals surface area (Å²) in [5.74, 6) is 0.308. The van der Waals surface area contributed by atoms with Crippen molar-refractivity contribution in [3.8, 4) is 0 Å². The number of hydrogen-bond donors (Lipinski definition) is 2. The van der Waals surface area contributed by atoms with E-state index in [1.54, 1.807) is 0 Å². The Kier molecular flexibility index (Phi) is 5.65. The summed E-state index contributed by atoms with van der Waals surface area (Å²) in [5, 5.41) is 11.6. The molecule has 0 aromatic heterocycles. The first kappa shape index (κ1) is 14.2. The Labute approximate surface area is 93.1 Å². The monoisotopic (exact) mass is 215 g/mol. The molecule has 0 aliphatic carbocycles. The maximum absolute atomic E-state index is 8.54. The third kappa shape index (κ3) is 6.33. The standard InChI is InChI=1S/C11H25N3O/c1-6-9(7-10(12)13-15)14(5)8-11(2,3)4/h9,15H,6-8H2,1-5H3,(H2,12,13). The van der Waals surface area contributed by atoms with E-state index >= 15 is 0 Å². The van der Waals surface area contributed by atoms with Crippen LogP contribution in [0.15, 0.2) is 5.16 Å². The van der Waals surface area contributed by atoms with E-state index in [-0.39, 0.29) is 5.41 Å². The van der Waals surface area contributed by atoms with Crippen LogP contribution in [0.3, 0.4) is 0 Å². The van der Waals surface area contributed by atoms with Crippen LogP contribution in [0, 0.1) is 5.41 Å². The van der Waals surface area contributed by atoms with E-state index < -0.39 is 0 Å². The molecular formula is C11H25N3O. The third-order valence-corrected chi connectivity index (χ3v) is 2.39. The molecule has 1 atom stereocenters. The van der Waals surface area contributed by atoms with Crippen molar-refractivity contribution in [1.29, 1.82) is 0 Å². The third-order valence-electron chi connectivity index (χ3n) is 2.39. The summed E-state index contributed by atoms with van der Waals surface area (Å²) in [6.07, 6.45) is 1.63. The van der Waals surface area contributed by atoms with Gasteiger partial charge in [0, 0.05) is 19.0 Å². The summed E-state index contributed by atoms with van der Waals surface area (Å²) >= 11 is 0. The molecule has 0 radical (unpaired) electrons. The van der Waals surface area contributed by atoms with Crippen LogP contribution < -0.4 is 5.73 Å². The highest BCUT2D eigenvalue weighted by atomic mass is 16.4. The quantitative estimate of drug-likeness (QED) is 0.318. The predicted octanol–water partition coefficient (Wildman–Crippen LogP) is 1.88. The first-order valence-corrected chi connectivity index (χ1v) is 5.46. The van der Waals surface area contributed by atoms with Crippen molar-refractivity contribution >= 4 is 5.84 Å². The van der Waals surface area contributed by atoms with Gasteiger partial charge in [-0.1, -0.05) is 32.9 Å². The fraction of sp³-hybridized carbons (Fsp3) is 0.909. The Bertz CT molecular complexity index is 208. The molecule has 0 saturated carbocycles. The van der Waals surface area contributed by atoms with Gasteiger partial charge >= 0.3 is 0 Å². The minimum absolute atomic E-state index is 0.271. The zero-order valence-electron chi connectivity index (χ0n) is 10.6. The molecule has 0 fully saturated rings. The van der Waals surface area contributed by atoms with Crippen molar-refractivity contribution in [3.63, 3.8) is 0 Å². The average Bonchev–Trinajstić information content (AvgIpc) is 2.10. The van der Waals surface area contributed by atoms with E-state index in [1.807, 2.05) is 0 Å². The lowest BCUT2D eigenvalue weighted by Gasteiger charge is -2.32. The summed E-state index contributed by atoms with van der Waals surface area (Å²) in [5.41, 5.74) is 5.80. The van der Waals surface area contributed by atoms with Crippen LogP contribution in [0.5, 0.6) is 0 Å². The van der Waals surface area contributed by atoms with Crippen LogP contribution in [0.1, 0.15) is 40.5 Å². The van der Waals surface area contributed by atoms with Crippen molar-refractivity contribution < 1.29 is 5.21 Å². The van der Waals surface area contributed by atoms with Gasteiger partial charge in [0.1, 0.15) is 5.84 Å². The lowest BCUT2D eigenvalue weighted by molar-refractivity contribution is 0.170. The predicted molar refractivity (Wildman–Crippen MR) is 64.2 cm³/mol. The van der Waals surface area contributed by atoms with Crippen LogP contribution in [-0.4, -0.2) is 35.6 Å². The van der Waals surface area contributed by atoms with Gasteiger partial charge in [-0.2, -0.15) is 0 Å². The van der Waals surface area contributed by atoms with Crippen molar-refractivity contribution in [2.75, 3.05) is 13.6 Å². The molecule has 0 rings (SSSR count). The van der Waals surface area contributed by atoms with Gasteiger partial charge in [-0.05, 0) is 18.9 Å². The van der Waals surface area contributed by atoms with Gasteiger partial charge in [0.05, 0.1) is 0 Å². The molecule has 1 unspecified atom stereocenters. The Morgan fingerprint density at radius 2 is 2.00 bits per heavy atom. The molecule has 90 valence electrons. The van der Waals surface area contributed by atoms with Crippen LogP contribution in [0.2, 0.25) is 0 Å². The highest BCUT2D eigenvalue weighted by molar-refractivity contribution is 5.80. The Morgan fingerprint density at radius 3 is 2.33 bits per heavy atom. The lowest BCUT2D eigenvalue weighted by atomic mass is 9.95. The molecule has 0 saturated heterocycles. The Morgan fingerprint density at radius 1 is 1.47 bits per heavy atom. The summed E-state index contributed by atoms with van der Waals surface area (Å²) in [7, 11) is 2.09. The average molecular weight is 215 g/mol. The number of hydrogen-bond acceptors (Lipinski definition) is 3. The first-order chi connectivity index (χ1) is 6.80. The molecule has 0 aliphatic rings. The lowest BCUT2D eigenvalue weighted by Crippen LogP contribution is -2.39. The largest absolute Gasteiger partial charge is 0.409 e. The van der Waals surface area contributed by atoms with E-state index in [9.17, 15) is 0 Å². The molecular weight excluding hydrogens is 190 g/mol. The highest BCUT2D eigenvalue weighted by Crippen LogP contribution is 2.17. The normalized spacial score (nSPS) is 15.7. The van der Waals surface area contributed by atoms with E-state index in [1.165, 1.54) is 0 Å².